The summed E-state index contributed by atoms with van der Waals surface area (Å²) in [6.45, 7) is 1.81. The van der Waals surface area contributed by atoms with Gasteiger partial charge in [0.25, 0.3) is 0 Å². The van der Waals surface area contributed by atoms with Crippen LogP contribution < -0.4 is 11.1 Å². The summed E-state index contributed by atoms with van der Waals surface area (Å²) in [6, 6.07) is 7.55. The lowest BCUT2D eigenvalue weighted by Crippen LogP contribution is -2.40. The van der Waals surface area contributed by atoms with Crippen molar-refractivity contribution in [1.29, 1.82) is 0 Å². The van der Waals surface area contributed by atoms with E-state index >= 15 is 0 Å². The molecule has 0 bridgehead atoms. The SMILES string of the molecule is NCc1cccc(C2(F)CCCNC2)c1. The number of benzene rings is 1. The standard InChI is InChI=1S/C12H17FN2/c13-12(5-2-6-15-9-12)11-4-1-3-10(7-11)8-14/h1,3-4,7,15H,2,5-6,8-9,14H2. The zero-order chi connectivity index (χ0) is 10.7. The fourth-order valence-electron chi connectivity index (χ4n) is 2.09. The van der Waals surface area contributed by atoms with E-state index in [0.29, 0.717) is 19.5 Å². The summed E-state index contributed by atoms with van der Waals surface area (Å²) in [6.07, 6.45) is 1.50. The van der Waals surface area contributed by atoms with E-state index in [2.05, 4.69) is 5.32 Å². The van der Waals surface area contributed by atoms with E-state index in [9.17, 15) is 4.39 Å². The van der Waals surface area contributed by atoms with E-state index in [0.717, 1.165) is 24.1 Å². The zero-order valence-electron chi connectivity index (χ0n) is 8.80. The van der Waals surface area contributed by atoms with Crippen molar-refractivity contribution in [3.8, 4) is 0 Å². The van der Waals surface area contributed by atoms with E-state index in [1.165, 1.54) is 0 Å². The highest BCUT2D eigenvalue weighted by Crippen LogP contribution is 2.32. The molecule has 2 rings (SSSR count). The highest BCUT2D eigenvalue weighted by Gasteiger charge is 2.33. The Morgan fingerprint density at radius 3 is 3.00 bits per heavy atom. The Morgan fingerprint density at radius 2 is 2.33 bits per heavy atom. The third-order valence-corrected chi connectivity index (χ3v) is 3.01. The van der Waals surface area contributed by atoms with E-state index in [1.54, 1.807) is 0 Å². The lowest BCUT2D eigenvalue weighted by atomic mass is 9.87. The summed E-state index contributed by atoms with van der Waals surface area (Å²) in [5, 5.41) is 3.11. The molecule has 1 aliphatic heterocycles. The Bertz CT molecular complexity index is 332. The van der Waals surface area contributed by atoms with Gasteiger partial charge in [-0.2, -0.15) is 0 Å². The molecule has 1 unspecified atom stereocenters. The van der Waals surface area contributed by atoms with Crippen molar-refractivity contribution >= 4 is 0 Å². The van der Waals surface area contributed by atoms with Crippen molar-refractivity contribution in [3.63, 3.8) is 0 Å². The third kappa shape index (κ3) is 2.19. The monoisotopic (exact) mass is 208 g/mol. The average molecular weight is 208 g/mol. The van der Waals surface area contributed by atoms with Crippen LogP contribution in [0.25, 0.3) is 0 Å². The molecule has 3 heteroatoms. The number of piperidine rings is 1. The highest BCUT2D eigenvalue weighted by molar-refractivity contribution is 5.29. The van der Waals surface area contributed by atoms with E-state index in [4.69, 9.17) is 5.73 Å². The summed E-state index contributed by atoms with van der Waals surface area (Å²) >= 11 is 0. The van der Waals surface area contributed by atoms with Crippen molar-refractivity contribution < 1.29 is 4.39 Å². The molecule has 1 fully saturated rings. The van der Waals surface area contributed by atoms with Crippen LogP contribution in [0.4, 0.5) is 4.39 Å². The lowest BCUT2D eigenvalue weighted by Gasteiger charge is -2.30. The first-order chi connectivity index (χ1) is 7.24. The van der Waals surface area contributed by atoms with Gasteiger partial charge in [0.2, 0.25) is 0 Å². The Balaban J connectivity index is 2.26. The van der Waals surface area contributed by atoms with E-state index < -0.39 is 5.67 Å². The van der Waals surface area contributed by atoms with Gasteiger partial charge in [-0.15, -0.1) is 0 Å². The zero-order valence-corrected chi connectivity index (χ0v) is 8.80. The van der Waals surface area contributed by atoms with Gasteiger partial charge in [-0.3, -0.25) is 0 Å². The van der Waals surface area contributed by atoms with Gasteiger partial charge in [-0.25, -0.2) is 4.39 Å². The quantitative estimate of drug-likeness (QED) is 0.776. The minimum atomic E-state index is -1.20. The van der Waals surface area contributed by atoms with Crippen LogP contribution in [0.3, 0.4) is 0 Å². The Morgan fingerprint density at radius 1 is 1.47 bits per heavy atom. The highest BCUT2D eigenvalue weighted by atomic mass is 19.1. The number of hydrogen-bond donors (Lipinski definition) is 2. The minimum absolute atomic E-state index is 0.418. The van der Waals surface area contributed by atoms with Crippen molar-refractivity contribution in [2.75, 3.05) is 13.1 Å². The average Bonchev–Trinajstić information content (AvgIpc) is 2.30. The summed E-state index contributed by atoms with van der Waals surface area (Å²) < 4.78 is 14.5. The van der Waals surface area contributed by atoms with Crippen LogP contribution in [0.1, 0.15) is 24.0 Å². The predicted octanol–water partition coefficient (Wildman–Crippen LogP) is 1.69. The molecule has 1 aromatic carbocycles. The Labute approximate surface area is 89.7 Å². The topological polar surface area (TPSA) is 38.0 Å². The number of nitrogens with two attached hydrogens (primary N) is 1. The maximum Gasteiger partial charge on any atom is 0.148 e. The molecule has 0 radical (unpaired) electrons. The fraction of sp³-hybridized carbons (Fsp3) is 0.500. The second-order valence-electron chi connectivity index (χ2n) is 4.15. The normalized spacial score (nSPS) is 26.5. The molecule has 2 nitrogen and oxygen atoms in total. The maximum atomic E-state index is 14.5. The molecular weight excluding hydrogens is 191 g/mol. The van der Waals surface area contributed by atoms with Crippen LogP contribution >= 0.6 is 0 Å². The van der Waals surface area contributed by atoms with Gasteiger partial charge >= 0.3 is 0 Å². The van der Waals surface area contributed by atoms with Gasteiger partial charge in [-0.1, -0.05) is 24.3 Å². The molecule has 82 valence electrons. The molecule has 0 aromatic heterocycles. The largest absolute Gasteiger partial charge is 0.326 e. The van der Waals surface area contributed by atoms with Crippen LogP contribution in [0.15, 0.2) is 24.3 Å². The Kier molecular flexibility index (Phi) is 3.03. The van der Waals surface area contributed by atoms with Crippen molar-refractivity contribution in [3.05, 3.63) is 35.4 Å². The van der Waals surface area contributed by atoms with Gasteiger partial charge in [0.15, 0.2) is 0 Å². The molecule has 0 aliphatic carbocycles. The number of hydrogen-bond acceptors (Lipinski definition) is 2. The lowest BCUT2D eigenvalue weighted by molar-refractivity contribution is 0.122. The number of rotatable bonds is 2. The first kappa shape index (κ1) is 10.6. The molecule has 1 saturated heterocycles. The molecule has 15 heavy (non-hydrogen) atoms. The first-order valence-corrected chi connectivity index (χ1v) is 5.44. The second-order valence-corrected chi connectivity index (χ2v) is 4.15. The van der Waals surface area contributed by atoms with Crippen LogP contribution in [0.2, 0.25) is 0 Å². The first-order valence-electron chi connectivity index (χ1n) is 5.44. The van der Waals surface area contributed by atoms with Crippen molar-refractivity contribution in [2.24, 2.45) is 5.73 Å². The summed E-state index contributed by atoms with van der Waals surface area (Å²) in [5.41, 5.74) is 6.11. The van der Waals surface area contributed by atoms with Crippen molar-refractivity contribution in [2.45, 2.75) is 25.1 Å². The fourth-order valence-corrected chi connectivity index (χ4v) is 2.09. The van der Waals surface area contributed by atoms with E-state index in [-0.39, 0.29) is 0 Å². The molecule has 3 N–H and O–H groups in total. The smallest absolute Gasteiger partial charge is 0.148 e. The van der Waals surface area contributed by atoms with Crippen LogP contribution in [-0.4, -0.2) is 13.1 Å². The molecule has 1 aromatic rings. The summed E-state index contributed by atoms with van der Waals surface area (Å²) in [4.78, 5) is 0. The van der Waals surface area contributed by atoms with Crippen LogP contribution in [0.5, 0.6) is 0 Å². The summed E-state index contributed by atoms with van der Waals surface area (Å²) in [7, 11) is 0. The van der Waals surface area contributed by atoms with Gasteiger partial charge in [0.1, 0.15) is 5.67 Å². The van der Waals surface area contributed by atoms with Gasteiger partial charge in [-0.05, 0) is 30.5 Å². The third-order valence-electron chi connectivity index (χ3n) is 3.01. The predicted molar refractivity (Wildman–Crippen MR) is 59.2 cm³/mol. The van der Waals surface area contributed by atoms with Crippen molar-refractivity contribution in [1.82, 2.24) is 5.32 Å². The van der Waals surface area contributed by atoms with Crippen LogP contribution in [-0.2, 0) is 12.2 Å². The maximum absolute atomic E-state index is 14.5. The minimum Gasteiger partial charge on any atom is -0.326 e. The van der Waals surface area contributed by atoms with Gasteiger partial charge in [0.05, 0.1) is 0 Å². The molecule has 1 heterocycles. The molecular formula is C12H17FN2. The number of alkyl halides is 1. The van der Waals surface area contributed by atoms with Gasteiger partial charge < -0.3 is 11.1 Å². The molecule has 1 atom stereocenters. The van der Waals surface area contributed by atoms with Gasteiger partial charge in [0, 0.05) is 13.1 Å². The summed E-state index contributed by atoms with van der Waals surface area (Å²) in [5.74, 6) is 0. The second kappa shape index (κ2) is 4.29. The molecule has 0 saturated carbocycles. The number of halogens is 1. The molecule has 1 aliphatic rings. The molecule has 0 amide bonds. The van der Waals surface area contributed by atoms with E-state index in [1.807, 2.05) is 24.3 Å². The number of nitrogens with one attached hydrogen (secondary N) is 1. The van der Waals surface area contributed by atoms with Crippen LogP contribution in [0, 0.1) is 0 Å². The Hall–Kier alpha value is -0.930. The molecule has 0 spiro atoms.